The zero-order chi connectivity index (χ0) is 85.4. The number of halogens is 2. The maximum atomic E-state index is 13.0. The smallest absolute Gasteiger partial charge is 0.743 e. The summed E-state index contributed by atoms with van der Waals surface area (Å²) in [5.74, 6) is 1.96. The normalized spacial score (nSPS) is 19.1. The molecule has 8 unspecified atom stereocenters. The molecule has 1 aromatic heterocycles. The number of nitrogens with one attached hydrogen (secondary N) is 1. The number of oxazole rings is 1. The van der Waals surface area contributed by atoms with Crippen LogP contribution >= 0.6 is 0 Å². The molecule has 0 aliphatic heterocycles. The van der Waals surface area contributed by atoms with Gasteiger partial charge in [0, 0.05) is 17.9 Å². The molecule has 3 N–H and O–H groups in total. The standard InChI is InChI=1S/C20H32O2.C18H15S.C14H10O2.C13H15NO4.C12H16O3.C9H16F2O5S.C6H12O2.Zn/c1-5-19(3,4)18(21)22-20(6-2)11-14-10-15(20)17-13-8-7-12(9-13)16(14)17;1-4-10-16(11-5-1)19(17-12-6-2-7-13-17)18-14-8-3-9-15-18;15-14(16)13-11-7-3-1-5-9(11)10-6-2-4-8-12(10)13;1-4-13(2,3)11(15)17-8-5-6-9-10(7-8)18-12(16)14-9;1-4-12(2,3)11(14)15-10-7-5-9(13)6-8-10;1-5-8(3,4)7(12)16-6(2)9(10,11)17(13,14)15;1-4-6(2,3)5(7)8;/h12-17H,5-11H2,1-4H3;1-15H;1-8,13H,(H,15,16);5-7H,4H2,1-3H3,(H,14,16);5-8,13H,4H2,1-3H3;6H,5H2,1-4H3,(H,13,14,15);4H2,1-3H3,(H,7,8);/q;+1;;;;;;+2/p-2. The van der Waals surface area contributed by atoms with Gasteiger partial charge in [0.15, 0.2) is 36.5 Å². The average Bonchev–Trinajstić information content (AvgIpc) is 1.53. The molecule has 19 nitrogen and oxygen atoms in total. The zero-order valence-electron chi connectivity index (χ0n) is 69.9. The van der Waals surface area contributed by atoms with Crippen LogP contribution in [0, 0.1) is 62.6 Å². The fraction of sp³-hybridized carbons (Fsp3) is 0.467. The minimum Gasteiger partial charge on any atom is -0.743 e. The molecule has 0 spiro atoms. The molecular formula is C92H114F2NO18S2Zn+. The molecule has 622 valence electrons. The Bertz CT molecular complexity index is 4640. The number of rotatable bonds is 21. The summed E-state index contributed by atoms with van der Waals surface area (Å²) in [5.41, 5.74) is 1.61. The van der Waals surface area contributed by atoms with Crippen LogP contribution in [0.3, 0.4) is 0 Å². The minimum absolute atomic E-state index is 0. The molecule has 4 fully saturated rings. The Labute approximate surface area is 697 Å². The third-order valence-corrected chi connectivity index (χ3v) is 27.0. The maximum absolute atomic E-state index is 13.0. The van der Waals surface area contributed by atoms with Gasteiger partial charge < -0.3 is 48.0 Å². The van der Waals surface area contributed by atoms with Crippen LogP contribution < -0.4 is 20.3 Å². The van der Waals surface area contributed by atoms with Gasteiger partial charge in [-0.05, 0) is 271 Å². The van der Waals surface area contributed by atoms with E-state index in [0.717, 1.165) is 77.5 Å². The van der Waals surface area contributed by atoms with E-state index in [4.69, 9.17) is 28.8 Å². The summed E-state index contributed by atoms with van der Waals surface area (Å²) in [6, 6.07) is 58.2. The molecule has 8 aromatic rings. The van der Waals surface area contributed by atoms with Crippen molar-refractivity contribution in [1.29, 1.82) is 0 Å². The molecule has 13 rings (SSSR count). The van der Waals surface area contributed by atoms with Gasteiger partial charge >= 0.3 is 60.3 Å². The Morgan fingerprint density at radius 1 is 0.560 bits per heavy atom. The van der Waals surface area contributed by atoms with E-state index in [1.165, 1.54) is 72.4 Å². The van der Waals surface area contributed by atoms with Crippen molar-refractivity contribution in [2.45, 2.75) is 226 Å². The molecule has 1 heterocycles. The fourth-order valence-electron chi connectivity index (χ4n) is 14.4. The van der Waals surface area contributed by atoms with Crippen molar-refractivity contribution in [3.05, 3.63) is 204 Å². The molecule has 24 heteroatoms. The summed E-state index contributed by atoms with van der Waals surface area (Å²) in [5, 5.41) is 24.1. The number of alkyl halides is 2. The summed E-state index contributed by atoms with van der Waals surface area (Å²) in [7, 11) is -5.87. The van der Waals surface area contributed by atoms with Crippen molar-refractivity contribution >= 4 is 67.9 Å². The van der Waals surface area contributed by atoms with E-state index in [1.54, 1.807) is 45.0 Å². The van der Waals surface area contributed by atoms with Crippen LogP contribution in [-0.2, 0) is 78.7 Å². The van der Waals surface area contributed by atoms with E-state index in [9.17, 15) is 60.4 Å². The van der Waals surface area contributed by atoms with Gasteiger partial charge in [-0.25, -0.2) is 13.2 Å². The number of esters is 4. The maximum Gasteiger partial charge on any atom is 2.00 e. The monoisotopic (exact) mass is 1690 g/mol. The fourth-order valence-corrected chi connectivity index (χ4v) is 17.0. The van der Waals surface area contributed by atoms with E-state index in [0.29, 0.717) is 54.7 Å². The first-order valence-corrected chi connectivity index (χ1v) is 42.2. The molecule has 4 bridgehead atoms. The minimum atomic E-state index is -5.86. The third kappa shape index (κ3) is 23.5. The number of benzene rings is 7. The summed E-state index contributed by atoms with van der Waals surface area (Å²) in [6.07, 6.45) is 8.89. The molecule has 116 heavy (non-hydrogen) atoms. The SMILES string of the molecule is CCC(C)(C)C(=O)O.CCC(C)(C)C(=O)OC(C)C(F)(F)S(=O)(=O)[O-].CCC(C)(C)C(=O)OC1(CC)CC2CC1C1C3CCC(C3)C21.CCC(C)(C)C(=O)Oc1ccc(O)cc1.CCC(C)(C)C(=O)Oc1ccc2[nH]c(=O)oc2c1.O=C([O-])C1c2ccccc2-c2ccccc21.[Zn+2].c1ccc([S+](c2ccccc2)c2ccccc2)cc1. The molecular weight excluding hydrogens is 1570 g/mol. The second kappa shape index (κ2) is 40.6. The van der Waals surface area contributed by atoms with Crippen LogP contribution in [-0.4, -0.2) is 80.9 Å². The van der Waals surface area contributed by atoms with E-state index in [-0.39, 0.29) is 65.0 Å². The average molecular weight is 1690 g/mol. The Morgan fingerprint density at radius 2 is 0.966 bits per heavy atom. The van der Waals surface area contributed by atoms with E-state index < -0.39 is 72.7 Å². The van der Waals surface area contributed by atoms with Crippen molar-refractivity contribution in [2.75, 3.05) is 0 Å². The largest absolute Gasteiger partial charge is 2.00 e. The Kier molecular flexibility index (Phi) is 33.6. The number of phenolic OH excluding ortho intramolecular Hbond substituents is 1. The number of carboxylic acid groups (broad SMARTS) is 2. The number of phenols is 1. The predicted octanol–water partition coefficient (Wildman–Crippen LogP) is 19.3. The Hall–Kier alpha value is -8.83. The quantitative estimate of drug-likeness (QED) is 0.0150. The number of H-pyrrole nitrogens is 1. The second-order valence-corrected chi connectivity index (χ2v) is 36.8. The zero-order valence-corrected chi connectivity index (χ0v) is 74.5. The van der Waals surface area contributed by atoms with Crippen LogP contribution in [0.2, 0.25) is 0 Å². The Morgan fingerprint density at radius 3 is 1.38 bits per heavy atom. The number of aromatic hydroxyl groups is 1. The van der Waals surface area contributed by atoms with Gasteiger partial charge in [-0.2, -0.15) is 8.78 Å². The van der Waals surface area contributed by atoms with Crippen molar-refractivity contribution in [2.24, 2.45) is 62.6 Å². The van der Waals surface area contributed by atoms with E-state index in [1.807, 2.05) is 111 Å². The number of ether oxygens (including phenoxy) is 4. The molecule has 5 aliphatic rings. The summed E-state index contributed by atoms with van der Waals surface area (Å²) >= 11 is 0. The molecule has 4 saturated carbocycles. The van der Waals surface area contributed by atoms with Crippen LogP contribution in [0.25, 0.3) is 22.2 Å². The summed E-state index contributed by atoms with van der Waals surface area (Å²) in [6.45, 7) is 30.2. The number of hydrogen-bond acceptors (Lipinski definition) is 17. The van der Waals surface area contributed by atoms with Crippen LogP contribution in [0.15, 0.2) is 206 Å². The number of aromatic nitrogens is 1. The molecule has 7 aromatic carbocycles. The number of carbonyl (C=O) groups excluding carboxylic acids is 5. The van der Waals surface area contributed by atoms with E-state index in [2.05, 4.69) is 115 Å². The Balaban J connectivity index is 0.000000213. The van der Waals surface area contributed by atoms with Gasteiger partial charge in [0.1, 0.15) is 22.8 Å². The van der Waals surface area contributed by atoms with Crippen LogP contribution in [0.1, 0.15) is 205 Å². The molecule has 8 atom stereocenters. The first-order valence-electron chi connectivity index (χ1n) is 39.6. The van der Waals surface area contributed by atoms with Crippen molar-refractivity contribution in [3.8, 4) is 28.4 Å². The van der Waals surface area contributed by atoms with Gasteiger partial charge in [-0.15, -0.1) is 0 Å². The van der Waals surface area contributed by atoms with Crippen molar-refractivity contribution in [1.82, 2.24) is 4.98 Å². The number of hydrogen-bond donors (Lipinski definition) is 3. The number of fused-ring (bicyclic) bond motifs is 13. The van der Waals surface area contributed by atoms with Crippen LogP contribution in [0.4, 0.5) is 8.78 Å². The molecule has 0 radical (unpaired) electrons. The van der Waals surface area contributed by atoms with Gasteiger partial charge in [0.25, 0.3) is 0 Å². The van der Waals surface area contributed by atoms with E-state index >= 15 is 0 Å². The number of aliphatic carboxylic acids is 2. The topological polar surface area (TPSA) is 306 Å². The van der Waals surface area contributed by atoms with Gasteiger partial charge in [-0.1, -0.05) is 145 Å². The first-order chi connectivity index (χ1) is 53.9. The predicted molar refractivity (Wildman–Crippen MR) is 438 cm³/mol. The van der Waals surface area contributed by atoms with Crippen molar-refractivity contribution in [3.63, 3.8) is 0 Å². The molecule has 5 aliphatic carbocycles. The summed E-state index contributed by atoms with van der Waals surface area (Å²) in [4.78, 5) is 86.8. The first kappa shape index (κ1) is 96.0. The van der Waals surface area contributed by atoms with Gasteiger partial charge in [-0.3, -0.25) is 29.0 Å². The molecule has 0 saturated heterocycles. The van der Waals surface area contributed by atoms with Crippen LogP contribution in [0.5, 0.6) is 17.2 Å². The number of carbonyl (C=O) groups is 6. The van der Waals surface area contributed by atoms with Gasteiger partial charge in [0.05, 0.1) is 49.5 Å². The second-order valence-electron chi connectivity index (χ2n) is 33.3. The number of aromatic amines is 1. The number of carboxylic acids is 2. The van der Waals surface area contributed by atoms with Gasteiger partial charge in [0.2, 0.25) is 0 Å². The third-order valence-electron chi connectivity index (χ3n) is 23.7. The summed E-state index contributed by atoms with van der Waals surface area (Å²) < 4.78 is 82.9. The molecule has 0 amide bonds. The van der Waals surface area contributed by atoms with Crippen molar-refractivity contribution < 1.29 is 109 Å².